The number of hydrogen-bond donors (Lipinski definition) is 1. The third kappa shape index (κ3) is 1.75. The topological polar surface area (TPSA) is 60.5 Å². The van der Waals surface area contributed by atoms with E-state index in [1.54, 1.807) is 12.3 Å². The van der Waals surface area contributed by atoms with Crippen LogP contribution in [0.3, 0.4) is 0 Å². The lowest BCUT2D eigenvalue weighted by Crippen LogP contribution is -2.49. The molecule has 0 bridgehead atoms. The zero-order valence-corrected chi connectivity index (χ0v) is 10.4. The SMILES string of the molecule is COc1nccc2c1C(=O)CC1(CCNCC1)O2. The molecule has 5 heteroatoms. The first-order valence-corrected chi connectivity index (χ1v) is 6.20. The highest BCUT2D eigenvalue weighted by Crippen LogP contribution is 2.40. The summed E-state index contributed by atoms with van der Waals surface area (Å²) in [6, 6.07) is 1.75. The predicted molar refractivity (Wildman–Crippen MR) is 65.2 cm³/mol. The number of rotatable bonds is 1. The average Bonchev–Trinajstić information content (AvgIpc) is 2.38. The van der Waals surface area contributed by atoms with Crippen molar-refractivity contribution < 1.29 is 14.3 Å². The zero-order chi connectivity index (χ0) is 12.6. The lowest BCUT2D eigenvalue weighted by molar-refractivity contribution is 0.0181. The van der Waals surface area contributed by atoms with E-state index in [2.05, 4.69) is 10.3 Å². The Labute approximate surface area is 105 Å². The van der Waals surface area contributed by atoms with Gasteiger partial charge in [-0.25, -0.2) is 4.98 Å². The number of pyridine rings is 1. The summed E-state index contributed by atoms with van der Waals surface area (Å²) in [7, 11) is 1.52. The molecule has 0 saturated carbocycles. The molecule has 0 amide bonds. The molecule has 0 atom stereocenters. The molecule has 3 heterocycles. The zero-order valence-electron chi connectivity index (χ0n) is 10.4. The lowest BCUT2D eigenvalue weighted by atomic mass is 9.83. The van der Waals surface area contributed by atoms with Gasteiger partial charge in [0.2, 0.25) is 5.88 Å². The number of fused-ring (bicyclic) bond motifs is 1. The van der Waals surface area contributed by atoms with Crippen LogP contribution in [0.5, 0.6) is 11.6 Å². The quantitative estimate of drug-likeness (QED) is 0.808. The largest absolute Gasteiger partial charge is 0.486 e. The number of piperidine rings is 1. The van der Waals surface area contributed by atoms with Crippen molar-refractivity contribution in [3.63, 3.8) is 0 Å². The van der Waals surface area contributed by atoms with Gasteiger partial charge in [-0.2, -0.15) is 0 Å². The second-order valence-electron chi connectivity index (χ2n) is 4.83. The first-order chi connectivity index (χ1) is 8.74. The van der Waals surface area contributed by atoms with Gasteiger partial charge in [0.15, 0.2) is 5.78 Å². The molecule has 1 saturated heterocycles. The van der Waals surface area contributed by atoms with Crippen molar-refractivity contribution in [1.29, 1.82) is 0 Å². The first kappa shape index (κ1) is 11.5. The maximum atomic E-state index is 12.3. The van der Waals surface area contributed by atoms with Crippen LogP contribution < -0.4 is 14.8 Å². The number of methoxy groups -OCH3 is 1. The molecule has 1 spiro atoms. The van der Waals surface area contributed by atoms with E-state index in [1.807, 2.05) is 0 Å². The molecule has 0 aliphatic carbocycles. The van der Waals surface area contributed by atoms with Gasteiger partial charge >= 0.3 is 0 Å². The Morgan fingerprint density at radius 2 is 2.22 bits per heavy atom. The van der Waals surface area contributed by atoms with Crippen molar-refractivity contribution in [2.24, 2.45) is 0 Å². The number of carbonyl (C=O) groups excluding carboxylic acids is 1. The van der Waals surface area contributed by atoms with Crippen LogP contribution in [0.4, 0.5) is 0 Å². The molecule has 3 rings (SSSR count). The molecule has 0 aromatic carbocycles. The minimum Gasteiger partial charge on any atom is -0.486 e. The molecule has 2 aliphatic heterocycles. The first-order valence-electron chi connectivity index (χ1n) is 6.20. The highest BCUT2D eigenvalue weighted by Gasteiger charge is 2.42. The maximum Gasteiger partial charge on any atom is 0.227 e. The smallest absolute Gasteiger partial charge is 0.227 e. The fraction of sp³-hybridized carbons (Fsp3) is 0.538. The number of carbonyl (C=O) groups is 1. The third-order valence-electron chi connectivity index (χ3n) is 3.67. The van der Waals surface area contributed by atoms with Gasteiger partial charge < -0.3 is 14.8 Å². The van der Waals surface area contributed by atoms with Crippen molar-refractivity contribution in [3.8, 4) is 11.6 Å². The van der Waals surface area contributed by atoms with Gasteiger partial charge in [-0.15, -0.1) is 0 Å². The van der Waals surface area contributed by atoms with Crippen molar-refractivity contribution >= 4 is 5.78 Å². The Bertz CT molecular complexity index is 481. The minimum atomic E-state index is -0.332. The summed E-state index contributed by atoms with van der Waals surface area (Å²) in [5.41, 5.74) is 0.158. The van der Waals surface area contributed by atoms with Gasteiger partial charge in [-0.3, -0.25) is 4.79 Å². The Balaban J connectivity index is 2.00. The van der Waals surface area contributed by atoms with E-state index < -0.39 is 0 Å². The normalized spacial score (nSPS) is 21.3. The molecule has 1 N–H and O–H groups in total. The van der Waals surface area contributed by atoms with E-state index in [-0.39, 0.29) is 11.4 Å². The summed E-state index contributed by atoms with van der Waals surface area (Å²) in [5.74, 6) is 1.05. The minimum absolute atomic E-state index is 0.0723. The van der Waals surface area contributed by atoms with Crippen LogP contribution in [0.2, 0.25) is 0 Å². The summed E-state index contributed by atoms with van der Waals surface area (Å²) >= 11 is 0. The molecule has 1 fully saturated rings. The molecular formula is C13H16N2O3. The lowest BCUT2D eigenvalue weighted by Gasteiger charge is -2.40. The van der Waals surface area contributed by atoms with Gasteiger partial charge in [0.1, 0.15) is 16.9 Å². The van der Waals surface area contributed by atoms with Crippen molar-refractivity contribution in [2.45, 2.75) is 24.9 Å². The van der Waals surface area contributed by atoms with Gasteiger partial charge in [0.25, 0.3) is 0 Å². The molecule has 1 aromatic rings. The van der Waals surface area contributed by atoms with Crippen LogP contribution in [-0.4, -0.2) is 36.6 Å². The van der Waals surface area contributed by atoms with Gasteiger partial charge in [-0.1, -0.05) is 0 Å². The number of Topliss-reactive ketones (excluding diaryl/α,β-unsaturated/α-hetero) is 1. The van der Waals surface area contributed by atoms with Gasteiger partial charge in [0, 0.05) is 19.0 Å². The Hall–Kier alpha value is -1.62. The predicted octanol–water partition coefficient (Wildman–Crippen LogP) is 1.18. The number of nitrogens with one attached hydrogen (secondary N) is 1. The van der Waals surface area contributed by atoms with E-state index >= 15 is 0 Å². The standard InChI is InChI=1S/C13H16N2O3/c1-17-12-11-9(16)8-13(3-6-14-7-4-13)18-10(11)2-5-15-12/h2,5,14H,3-4,6-8H2,1H3. The number of nitrogens with zero attached hydrogens (tertiary/aromatic N) is 1. The number of ketones is 1. The summed E-state index contributed by atoms with van der Waals surface area (Å²) in [4.78, 5) is 16.4. The summed E-state index contributed by atoms with van der Waals surface area (Å²) < 4.78 is 11.2. The summed E-state index contributed by atoms with van der Waals surface area (Å²) in [5, 5.41) is 3.29. The van der Waals surface area contributed by atoms with Crippen LogP contribution in [-0.2, 0) is 0 Å². The molecule has 1 aromatic heterocycles. The molecule has 0 unspecified atom stereocenters. The number of aromatic nitrogens is 1. The molecule has 18 heavy (non-hydrogen) atoms. The van der Waals surface area contributed by atoms with E-state index in [4.69, 9.17) is 9.47 Å². The fourth-order valence-electron chi connectivity index (χ4n) is 2.73. The van der Waals surface area contributed by atoms with Crippen molar-refractivity contribution in [1.82, 2.24) is 10.3 Å². The monoisotopic (exact) mass is 248 g/mol. The van der Waals surface area contributed by atoms with Crippen LogP contribution >= 0.6 is 0 Å². The highest BCUT2D eigenvalue weighted by molar-refractivity contribution is 6.02. The average molecular weight is 248 g/mol. The Kier molecular flexibility index (Phi) is 2.70. The third-order valence-corrected chi connectivity index (χ3v) is 3.67. The van der Waals surface area contributed by atoms with E-state index in [0.29, 0.717) is 23.6 Å². The summed E-state index contributed by atoms with van der Waals surface area (Å²) in [6.45, 7) is 1.79. The maximum absolute atomic E-state index is 12.3. The molecular weight excluding hydrogens is 232 g/mol. The van der Waals surface area contributed by atoms with Gasteiger partial charge in [-0.05, 0) is 19.2 Å². The van der Waals surface area contributed by atoms with Crippen molar-refractivity contribution in [2.75, 3.05) is 20.2 Å². The van der Waals surface area contributed by atoms with Crippen LogP contribution in [0.15, 0.2) is 12.3 Å². The van der Waals surface area contributed by atoms with E-state index in [9.17, 15) is 4.79 Å². The van der Waals surface area contributed by atoms with E-state index in [1.165, 1.54) is 7.11 Å². The number of hydrogen-bond acceptors (Lipinski definition) is 5. The highest BCUT2D eigenvalue weighted by atomic mass is 16.5. The second-order valence-corrected chi connectivity index (χ2v) is 4.83. The van der Waals surface area contributed by atoms with Crippen LogP contribution in [0, 0.1) is 0 Å². The van der Waals surface area contributed by atoms with Crippen LogP contribution in [0.1, 0.15) is 29.6 Å². The fourth-order valence-corrected chi connectivity index (χ4v) is 2.73. The Morgan fingerprint density at radius 1 is 1.44 bits per heavy atom. The molecule has 0 radical (unpaired) electrons. The van der Waals surface area contributed by atoms with Crippen LogP contribution in [0.25, 0.3) is 0 Å². The molecule has 5 nitrogen and oxygen atoms in total. The van der Waals surface area contributed by atoms with Gasteiger partial charge in [0.05, 0.1) is 13.5 Å². The summed E-state index contributed by atoms with van der Waals surface area (Å²) in [6.07, 6.45) is 3.76. The van der Waals surface area contributed by atoms with Crippen molar-refractivity contribution in [3.05, 3.63) is 17.8 Å². The second kappa shape index (κ2) is 4.24. The Morgan fingerprint density at radius 3 is 2.94 bits per heavy atom. The van der Waals surface area contributed by atoms with E-state index in [0.717, 1.165) is 25.9 Å². The molecule has 96 valence electrons. The molecule has 2 aliphatic rings. The number of ether oxygens (including phenoxy) is 2.